The molecule has 0 amide bonds. The lowest BCUT2D eigenvalue weighted by atomic mass is 9.79. The van der Waals surface area contributed by atoms with Crippen molar-refractivity contribution < 1.29 is 0 Å². The molecule has 27 heavy (non-hydrogen) atoms. The first-order chi connectivity index (χ1) is 12.9. The van der Waals surface area contributed by atoms with Gasteiger partial charge < -0.3 is 0 Å². The molecule has 0 radical (unpaired) electrons. The Kier molecular flexibility index (Phi) is 13.0. The van der Waals surface area contributed by atoms with E-state index in [0.29, 0.717) is 0 Å². The van der Waals surface area contributed by atoms with Crippen molar-refractivity contribution in [2.75, 3.05) is 0 Å². The van der Waals surface area contributed by atoms with Crippen LogP contribution in [0.25, 0.3) is 0 Å². The summed E-state index contributed by atoms with van der Waals surface area (Å²) in [5.41, 5.74) is 0. The predicted octanol–water partition coefficient (Wildman–Crippen LogP) is 9.52. The molecule has 0 aromatic heterocycles. The molecule has 0 aromatic carbocycles. The summed E-state index contributed by atoms with van der Waals surface area (Å²) >= 11 is 0. The van der Waals surface area contributed by atoms with Crippen LogP contribution in [-0.2, 0) is 0 Å². The second kappa shape index (κ2) is 14.1. The van der Waals surface area contributed by atoms with Crippen LogP contribution in [0.3, 0.4) is 0 Å². The van der Waals surface area contributed by atoms with Crippen molar-refractivity contribution in [1.82, 2.24) is 0 Å². The van der Waals surface area contributed by atoms with Gasteiger partial charge in [0.05, 0.1) is 0 Å². The molecule has 1 saturated carbocycles. The summed E-state index contributed by atoms with van der Waals surface area (Å²) in [5, 5.41) is 0. The van der Waals surface area contributed by atoms with Crippen LogP contribution in [0.15, 0.2) is 0 Å². The van der Waals surface area contributed by atoms with E-state index in [0.717, 1.165) is 41.4 Å². The van der Waals surface area contributed by atoms with Gasteiger partial charge in [-0.15, -0.1) is 0 Å². The molecule has 5 atom stereocenters. The van der Waals surface area contributed by atoms with Gasteiger partial charge in [0.25, 0.3) is 0 Å². The lowest BCUT2D eigenvalue weighted by Gasteiger charge is -2.27. The first kappa shape index (κ1) is 25.0. The van der Waals surface area contributed by atoms with Crippen LogP contribution in [0.5, 0.6) is 0 Å². The molecule has 1 fully saturated rings. The first-order valence-corrected chi connectivity index (χ1v) is 12.9. The quantitative estimate of drug-likeness (QED) is 0.249. The van der Waals surface area contributed by atoms with E-state index in [1.165, 1.54) is 83.5 Å². The highest BCUT2D eigenvalue weighted by Crippen LogP contribution is 2.42. The van der Waals surface area contributed by atoms with Crippen LogP contribution in [0.1, 0.15) is 132 Å². The summed E-state index contributed by atoms with van der Waals surface area (Å²) in [5.74, 6) is 6.75. The third kappa shape index (κ3) is 10.4. The first-order valence-electron chi connectivity index (χ1n) is 12.9. The van der Waals surface area contributed by atoms with Crippen molar-refractivity contribution in [3.63, 3.8) is 0 Å². The minimum atomic E-state index is 0.872. The van der Waals surface area contributed by atoms with E-state index in [1.54, 1.807) is 0 Å². The molecule has 0 bridgehead atoms. The highest BCUT2D eigenvalue weighted by atomic mass is 14.4. The SMILES string of the molecule is CCC(C)CC(CC)CCCCCC(CCC(C)C)CC1C(C)CCC1C. The Hall–Kier alpha value is 0. The summed E-state index contributed by atoms with van der Waals surface area (Å²) < 4.78 is 0. The zero-order valence-electron chi connectivity index (χ0n) is 20.2. The van der Waals surface area contributed by atoms with Gasteiger partial charge in [-0.1, -0.05) is 119 Å². The maximum atomic E-state index is 2.52. The topological polar surface area (TPSA) is 0 Å². The Labute approximate surface area is 173 Å². The second-order valence-corrected chi connectivity index (χ2v) is 10.9. The fraction of sp³-hybridized carbons (Fsp3) is 1.00. The van der Waals surface area contributed by atoms with Crippen LogP contribution in [0, 0.1) is 41.4 Å². The van der Waals surface area contributed by atoms with Gasteiger partial charge in [-0.05, 0) is 54.3 Å². The minimum absolute atomic E-state index is 0.872. The summed E-state index contributed by atoms with van der Waals surface area (Å²) in [7, 11) is 0. The number of rotatable bonds is 15. The molecule has 5 unspecified atom stereocenters. The Morgan fingerprint density at radius 2 is 1.30 bits per heavy atom. The Morgan fingerprint density at radius 3 is 1.81 bits per heavy atom. The number of hydrogen-bond acceptors (Lipinski definition) is 0. The van der Waals surface area contributed by atoms with Crippen LogP contribution >= 0.6 is 0 Å². The molecule has 0 heterocycles. The Balaban J connectivity index is 2.33. The van der Waals surface area contributed by atoms with Crippen molar-refractivity contribution in [3.05, 3.63) is 0 Å². The van der Waals surface area contributed by atoms with E-state index in [1.807, 2.05) is 0 Å². The maximum absolute atomic E-state index is 2.52. The van der Waals surface area contributed by atoms with Crippen molar-refractivity contribution in [2.24, 2.45) is 41.4 Å². The summed E-state index contributed by atoms with van der Waals surface area (Å²) in [6.45, 7) is 17.0. The number of hydrogen-bond donors (Lipinski definition) is 0. The minimum Gasteiger partial charge on any atom is -0.0651 e. The van der Waals surface area contributed by atoms with Gasteiger partial charge in [-0.25, -0.2) is 0 Å². The van der Waals surface area contributed by atoms with E-state index in [2.05, 4.69) is 48.5 Å². The van der Waals surface area contributed by atoms with Gasteiger partial charge in [0.2, 0.25) is 0 Å². The molecule has 0 aromatic rings. The van der Waals surface area contributed by atoms with Crippen LogP contribution in [0.4, 0.5) is 0 Å². The average molecular weight is 379 g/mol. The molecule has 162 valence electrons. The molecule has 0 saturated heterocycles. The van der Waals surface area contributed by atoms with Gasteiger partial charge in [0.15, 0.2) is 0 Å². The maximum Gasteiger partial charge on any atom is -0.0360 e. The lowest BCUT2D eigenvalue weighted by molar-refractivity contribution is 0.239. The third-order valence-corrected chi connectivity index (χ3v) is 8.03. The molecule has 0 spiro atoms. The summed E-state index contributed by atoms with van der Waals surface area (Å²) in [6, 6.07) is 0. The van der Waals surface area contributed by atoms with Crippen molar-refractivity contribution in [3.8, 4) is 0 Å². The van der Waals surface area contributed by atoms with Crippen LogP contribution in [-0.4, -0.2) is 0 Å². The largest absolute Gasteiger partial charge is 0.0651 e. The molecule has 1 aliphatic rings. The van der Waals surface area contributed by atoms with Gasteiger partial charge in [0.1, 0.15) is 0 Å². The van der Waals surface area contributed by atoms with Gasteiger partial charge in [0, 0.05) is 0 Å². The molecule has 0 nitrogen and oxygen atoms in total. The van der Waals surface area contributed by atoms with Gasteiger partial charge >= 0.3 is 0 Å². The highest BCUT2D eigenvalue weighted by molar-refractivity contribution is 4.82. The van der Waals surface area contributed by atoms with E-state index in [9.17, 15) is 0 Å². The smallest absolute Gasteiger partial charge is 0.0360 e. The fourth-order valence-corrected chi connectivity index (χ4v) is 5.58. The molecule has 0 N–H and O–H groups in total. The summed E-state index contributed by atoms with van der Waals surface area (Å²) in [4.78, 5) is 0. The molecule has 1 aliphatic carbocycles. The van der Waals surface area contributed by atoms with E-state index < -0.39 is 0 Å². The molecule has 1 rings (SSSR count). The van der Waals surface area contributed by atoms with Gasteiger partial charge in [-0.3, -0.25) is 0 Å². The molecular formula is C27H54. The van der Waals surface area contributed by atoms with E-state index in [4.69, 9.17) is 0 Å². The Bertz CT molecular complexity index is 334. The zero-order chi connectivity index (χ0) is 20.2. The molecule has 0 heteroatoms. The third-order valence-electron chi connectivity index (χ3n) is 8.03. The van der Waals surface area contributed by atoms with Crippen molar-refractivity contribution in [2.45, 2.75) is 132 Å². The normalized spacial score (nSPS) is 26.4. The van der Waals surface area contributed by atoms with Gasteiger partial charge in [-0.2, -0.15) is 0 Å². The average Bonchev–Trinajstić information content (AvgIpc) is 2.95. The highest BCUT2D eigenvalue weighted by Gasteiger charge is 2.31. The van der Waals surface area contributed by atoms with Crippen molar-refractivity contribution in [1.29, 1.82) is 0 Å². The standard InChI is InChI=1S/C27H54/c1-8-22(5)19-25(9-2)13-11-10-12-14-26(18-15-21(3)4)20-27-23(6)16-17-24(27)7/h21-27H,8-20H2,1-7H3. The summed E-state index contributed by atoms with van der Waals surface area (Å²) in [6.07, 6.45) is 19.0. The van der Waals surface area contributed by atoms with E-state index >= 15 is 0 Å². The number of unbranched alkanes of at least 4 members (excludes halogenated alkanes) is 2. The predicted molar refractivity (Wildman–Crippen MR) is 124 cm³/mol. The Morgan fingerprint density at radius 1 is 0.704 bits per heavy atom. The molecular weight excluding hydrogens is 324 g/mol. The zero-order valence-corrected chi connectivity index (χ0v) is 20.2. The van der Waals surface area contributed by atoms with Crippen LogP contribution < -0.4 is 0 Å². The molecule has 0 aliphatic heterocycles. The second-order valence-electron chi connectivity index (χ2n) is 10.9. The van der Waals surface area contributed by atoms with E-state index in [-0.39, 0.29) is 0 Å². The van der Waals surface area contributed by atoms with Crippen LogP contribution in [0.2, 0.25) is 0 Å². The van der Waals surface area contributed by atoms with Crippen molar-refractivity contribution >= 4 is 0 Å². The lowest BCUT2D eigenvalue weighted by Crippen LogP contribution is -2.17. The fourth-order valence-electron chi connectivity index (χ4n) is 5.58. The monoisotopic (exact) mass is 378 g/mol.